The van der Waals surface area contributed by atoms with Gasteiger partial charge in [-0.3, -0.25) is 14.5 Å². The molecule has 28 heavy (non-hydrogen) atoms. The van der Waals surface area contributed by atoms with Gasteiger partial charge in [-0.25, -0.2) is 0 Å². The van der Waals surface area contributed by atoms with Crippen molar-refractivity contribution in [3.63, 3.8) is 0 Å². The van der Waals surface area contributed by atoms with Crippen LogP contribution >= 0.6 is 0 Å². The number of carbonyl (C=O) groups excluding carboxylic acids is 2. The van der Waals surface area contributed by atoms with E-state index in [1.807, 2.05) is 44.2 Å². The summed E-state index contributed by atoms with van der Waals surface area (Å²) in [4.78, 5) is 26.2. The lowest BCUT2D eigenvalue weighted by Crippen LogP contribution is -2.41. The Morgan fingerprint density at radius 1 is 1.36 bits per heavy atom. The molecular formula is C22H22N2O4. The van der Waals surface area contributed by atoms with Gasteiger partial charge in [-0.05, 0) is 44.2 Å². The molecule has 0 spiro atoms. The van der Waals surface area contributed by atoms with E-state index >= 15 is 0 Å². The SMILES string of the molecule is CCOc1cc2c(cc1/C=C/C(=O)N1CC(=O)Nc3ccccc31)OC(C)C2. The largest absolute Gasteiger partial charge is 0.493 e. The molecule has 2 heterocycles. The first-order valence-corrected chi connectivity index (χ1v) is 9.40. The van der Waals surface area contributed by atoms with E-state index in [-0.39, 0.29) is 24.5 Å². The fraction of sp³-hybridized carbons (Fsp3) is 0.273. The molecule has 0 saturated carbocycles. The number of hydrogen-bond acceptors (Lipinski definition) is 4. The minimum atomic E-state index is -0.264. The van der Waals surface area contributed by atoms with Crippen LogP contribution in [-0.4, -0.2) is 31.1 Å². The van der Waals surface area contributed by atoms with Crippen LogP contribution in [0.25, 0.3) is 6.08 Å². The Morgan fingerprint density at radius 2 is 2.18 bits per heavy atom. The fourth-order valence-electron chi connectivity index (χ4n) is 3.55. The molecule has 1 N–H and O–H groups in total. The lowest BCUT2D eigenvalue weighted by atomic mass is 10.1. The highest BCUT2D eigenvalue weighted by atomic mass is 16.5. The van der Waals surface area contributed by atoms with Gasteiger partial charge < -0.3 is 14.8 Å². The van der Waals surface area contributed by atoms with Crippen LogP contribution in [0, 0.1) is 0 Å². The fourth-order valence-corrected chi connectivity index (χ4v) is 3.55. The van der Waals surface area contributed by atoms with Gasteiger partial charge in [-0.1, -0.05) is 12.1 Å². The number of nitrogens with one attached hydrogen (secondary N) is 1. The lowest BCUT2D eigenvalue weighted by molar-refractivity contribution is -0.119. The second-order valence-corrected chi connectivity index (χ2v) is 6.89. The molecule has 2 aromatic carbocycles. The highest BCUT2D eigenvalue weighted by Gasteiger charge is 2.25. The molecule has 0 bridgehead atoms. The van der Waals surface area contributed by atoms with E-state index in [0.717, 1.165) is 29.0 Å². The quantitative estimate of drug-likeness (QED) is 0.828. The standard InChI is InChI=1S/C22H22N2O4/c1-3-27-19-12-16-10-14(2)28-20(16)11-15(19)8-9-22(26)24-13-21(25)23-17-6-4-5-7-18(17)24/h4-9,11-12,14H,3,10,13H2,1-2H3,(H,23,25)/b9-8+. The first-order valence-electron chi connectivity index (χ1n) is 9.40. The zero-order valence-electron chi connectivity index (χ0n) is 15.9. The Balaban J connectivity index is 1.62. The second kappa shape index (κ2) is 7.38. The molecule has 144 valence electrons. The van der Waals surface area contributed by atoms with Gasteiger partial charge in [0.25, 0.3) is 5.91 Å². The van der Waals surface area contributed by atoms with E-state index in [1.165, 1.54) is 11.0 Å². The van der Waals surface area contributed by atoms with Crippen LogP contribution in [0.5, 0.6) is 11.5 Å². The van der Waals surface area contributed by atoms with Crippen LogP contribution in [0.4, 0.5) is 11.4 Å². The molecule has 2 amide bonds. The average Bonchev–Trinajstić information content (AvgIpc) is 3.04. The van der Waals surface area contributed by atoms with Crippen molar-refractivity contribution in [2.75, 3.05) is 23.4 Å². The normalized spacial score (nSPS) is 17.7. The number of anilines is 2. The Morgan fingerprint density at radius 3 is 3.00 bits per heavy atom. The molecule has 2 aliphatic heterocycles. The molecule has 0 radical (unpaired) electrons. The monoisotopic (exact) mass is 378 g/mol. The van der Waals surface area contributed by atoms with E-state index in [1.54, 1.807) is 12.1 Å². The number of carbonyl (C=O) groups is 2. The maximum absolute atomic E-state index is 12.8. The zero-order valence-corrected chi connectivity index (χ0v) is 15.9. The molecule has 6 nitrogen and oxygen atoms in total. The van der Waals surface area contributed by atoms with Gasteiger partial charge in [0.05, 0.1) is 18.0 Å². The van der Waals surface area contributed by atoms with Crippen LogP contribution in [-0.2, 0) is 16.0 Å². The summed E-state index contributed by atoms with van der Waals surface area (Å²) < 4.78 is 11.6. The molecule has 2 aliphatic rings. The molecule has 0 aromatic heterocycles. The smallest absolute Gasteiger partial charge is 0.251 e. The Bertz CT molecular complexity index is 967. The summed E-state index contributed by atoms with van der Waals surface area (Å²) in [6.07, 6.45) is 4.17. The molecule has 1 unspecified atom stereocenters. The summed E-state index contributed by atoms with van der Waals surface area (Å²) in [6.45, 7) is 4.47. The van der Waals surface area contributed by atoms with E-state index in [2.05, 4.69) is 5.32 Å². The van der Waals surface area contributed by atoms with Crippen molar-refractivity contribution < 1.29 is 19.1 Å². The van der Waals surface area contributed by atoms with Crippen molar-refractivity contribution in [1.82, 2.24) is 0 Å². The van der Waals surface area contributed by atoms with Crippen molar-refractivity contribution in [3.8, 4) is 11.5 Å². The topological polar surface area (TPSA) is 67.9 Å². The highest BCUT2D eigenvalue weighted by Crippen LogP contribution is 2.36. The number of ether oxygens (including phenoxy) is 2. The summed E-state index contributed by atoms with van der Waals surface area (Å²) in [5.74, 6) is 1.07. The number of hydrogen-bond donors (Lipinski definition) is 1. The zero-order chi connectivity index (χ0) is 19.7. The number of fused-ring (bicyclic) bond motifs is 2. The predicted molar refractivity (Wildman–Crippen MR) is 108 cm³/mol. The van der Waals surface area contributed by atoms with Gasteiger partial charge in [0.1, 0.15) is 24.1 Å². The third kappa shape index (κ3) is 3.45. The van der Waals surface area contributed by atoms with Gasteiger partial charge in [-0.2, -0.15) is 0 Å². The molecular weight excluding hydrogens is 356 g/mol. The molecule has 4 rings (SSSR count). The average molecular weight is 378 g/mol. The number of para-hydroxylation sites is 2. The molecule has 1 atom stereocenters. The molecule has 2 aromatic rings. The van der Waals surface area contributed by atoms with E-state index in [9.17, 15) is 9.59 Å². The molecule has 0 fully saturated rings. The summed E-state index contributed by atoms with van der Waals surface area (Å²) >= 11 is 0. The maximum Gasteiger partial charge on any atom is 0.251 e. The number of benzene rings is 2. The summed E-state index contributed by atoms with van der Waals surface area (Å²) in [6, 6.07) is 11.1. The minimum absolute atomic E-state index is 0.0106. The van der Waals surface area contributed by atoms with Gasteiger partial charge in [0.2, 0.25) is 5.91 Å². The Labute approximate surface area is 163 Å². The van der Waals surface area contributed by atoms with Crippen LogP contribution in [0.15, 0.2) is 42.5 Å². The van der Waals surface area contributed by atoms with Crippen molar-refractivity contribution in [2.45, 2.75) is 26.4 Å². The van der Waals surface area contributed by atoms with Crippen LogP contribution < -0.4 is 19.7 Å². The maximum atomic E-state index is 12.8. The Hall–Kier alpha value is -3.28. The van der Waals surface area contributed by atoms with Crippen molar-refractivity contribution in [3.05, 3.63) is 53.6 Å². The number of nitrogens with zero attached hydrogens (tertiary/aromatic N) is 1. The van der Waals surface area contributed by atoms with Gasteiger partial charge in [0.15, 0.2) is 0 Å². The van der Waals surface area contributed by atoms with E-state index in [4.69, 9.17) is 9.47 Å². The second-order valence-electron chi connectivity index (χ2n) is 6.89. The number of amides is 2. The van der Waals surface area contributed by atoms with Crippen molar-refractivity contribution >= 4 is 29.3 Å². The van der Waals surface area contributed by atoms with Crippen molar-refractivity contribution in [1.29, 1.82) is 0 Å². The predicted octanol–water partition coefficient (Wildman–Crippen LogP) is 3.41. The summed E-state index contributed by atoms with van der Waals surface area (Å²) in [7, 11) is 0. The number of rotatable bonds is 4. The first-order chi connectivity index (χ1) is 13.5. The van der Waals surface area contributed by atoms with Crippen LogP contribution in [0.2, 0.25) is 0 Å². The minimum Gasteiger partial charge on any atom is -0.493 e. The van der Waals surface area contributed by atoms with Gasteiger partial charge in [0, 0.05) is 23.6 Å². The lowest BCUT2D eigenvalue weighted by Gasteiger charge is -2.28. The molecule has 0 aliphatic carbocycles. The molecule has 0 saturated heterocycles. The third-order valence-electron chi connectivity index (χ3n) is 4.77. The summed E-state index contributed by atoms with van der Waals surface area (Å²) in [5, 5.41) is 2.78. The van der Waals surface area contributed by atoms with Crippen LogP contribution in [0.3, 0.4) is 0 Å². The van der Waals surface area contributed by atoms with E-state index in [0.29, 0.717) is 18.0 Å². The van der Waals surface area contributed by atoms with Gasteiger partial charge in [-0.15, -0.1) is 0 Å². The van der Waals surface area contributed by atoms with Gasteiger partial charge >= 0.3 is 0 Å². The highest BCUT2D eigenvalue weighted by molar-refractivity contribution is 6.13. The first kappa shape index (κ1) is 18.1. The van der Waals surface area contributed by atoms with E-state index < -0.39 is 0 Å². The van der Waals surface area contributed by atoms with Crippen molar-refractivity contribution in [2.24, 2.45) is 0 Å². The third-order valence-corrected chi connectivity index (χ3v) is 4.77. The Kier molecular flexibility index (Phi) is 4.77. The molecule has 6 heteroatoms. The summed E-state index contributed by atoms with van der Waals surface area (Å²) in [5.41, 5.74) is 3.21. The van der Waals surface area contributed by atoms with Crippen LogP contribution in [0.1, 0.15) is 25.0 Å².